The SMILES string of the molecule is C/C(=C\C(C)c1cc(-c2ccc(-c3ccccc3)cc2)cc(-c2ccccc2)n1)C(=O)c1cc(N)ccc1N. The Balaban J connectivity index is 1.52. The highest BCUT2D eigenvalue weighted by atomic mass is 16.1. The first-order valence-electron chi connectivity index (χ1n) is 13.0. The predicted molar refractivity (Wildman–Crippen MR) is 162 cm³/mol. The first-order valence-corrected chi connectivity index (χ1v) is 13.0. The van der Waals surface area contributed by atoms with Gasteiger partial charge in [-0.25, -0.2) is 0 Å². The number of benzene rings is 4. The van der Waals surface area contributed by atoms with Gasteiger partial charge in [0.05, 0.1) is 5.69 Å². The van der Waals surface area contributed by atoms with E-state index in [2.05, 4.69) is 67.6 Å². The molecule has 0 saturated carbocycles. The summed E-state index contributed by atoms with van der Waals surface area (Å²) in [5.41, 5.74) is 21.3. The molecular formula is C35H31N3O. The average molecular weight is 510 g/mol. The standard InChI is InChI=1S/C35H31N3O/c1-23(19-24(2)35(39)31-22-30(36)17-18-32(31)37)33-20-29(21-34(38-33)28-11-7-4-8-12-28)27-15-13-26(14-16-27)25-9-5-3-6-10-25/h3-23H,36-37H2,1-2H3/b24-19+. The fourth-order valence-corrected chi connectivity index (χ4v) is 4.71. The predicted octanol–water partition coefficient (Wildman–Crippen LogP) is 8.18. The van der Waals surface area contributed by atoms with E-state index in [4.69, 9.17) is 16.5 Å². The van der Waals surface area contributed by atoms with Crippen molar-refractivity contribution in [1.82, 2.24) is 4.98 Å². The lowest BCUT2D eigenvalue weighted by Gasteiger charge is -2.14. The fraction of sp³-hybridized carbons (Fsp3) is 0.0857. The number of carbonyl (C=O) groups excluding carboxylic acids is 1. The molecule has 1 heterocycles. The van der Waals surface area contributed by atoms with Crippen molar-refractivity contribution in [2.75, 3.05) is 11.5 Å². The van der Waals surface area contributed by atoms with Crippen molar-refractivity contribution in [3.63, 3.8) is 0 Å². The van der Waals surface area contributed by atoms with Crippen molar-refractivity contribution in [2.24, 2.45) is 0 Å². The molecular weight excluding hydrogens is 478 g/mol. The molecule has 0 fully saturated rings. The summed E-state index contributed by atoms with van der Waals surface area (Å²) in [6.45, 7) is 3.87. The molecule has 0 spiro atoms. The summed E-state index contributed by atoms with van der Waals surface area (Å²) in [5.74, 6) is -0.246. The van der Waals surface area contributed by atoms with Gasteiger partial charge in [0.15, 0.2) is 5.78 Å². The number of carbonyl (C=O) groups is 1. The van der Waals surface area contributed by atoms with Gasteiger partial charge in [0.25, 0.3) is 0 Å². The molecule has 4 aromatic carbocycles. The van der Waals surface area contributed by atoms with Gasteiger partial charge in [-0.3, -0.25) is 9.78 Å². The molecule has 5 aromatic rings. The van der Waals surface area contributed by atoms with Crippen LogP contribution in [0.15, 0.2) is 127 Å². The van der Waals surface area contributed by atoms with Crippen molar-refractivity contribution in [3.05, 3.63) is 138 Å². The third-order valence-corrected chi connectivity index (χ3v) is 6.89. The summed E-state index contributed by atoms with van der Waals surface area (Å²) in [5, 5.41) is 0. The van der Waals surface area contributed by atoms with Gasteiger partial charge in [-0.1, -0.05) is 97.9 Å². The number of nitrogen functional groups attached to an aromatic ring is 2. The second-order valence-electron chi connectivity index (χ2n) is 9.79. The van der Waals surface area contributed by atoms with Crippen LogP contribution in [0.4, 0.5) is 11.4 Å². The lowest BCUT2D eigenvalue weighted by atomic mass is 9.94. The van der Waals surface area contributed by atoms with E-state index in [1.807, 2.05) is 49.4 Å². The smallest absolute Gasteiger partial charge is 0.190 e. The Kier molecular flexibility index (Phi) is 7.37. The van der Waals surface area contributed by atoms with Crippen molar-refractivity contribution in [1.29, 1.82) is 0 Å². The Labute approximate surface area is 229 Å². The third-order valence-electron chi connectivity index (χ3n) is 6.89. The zero-order chi connectivity index (χ0) is 27.4. The number of nitrogens with two attached hydrogens (primary N) is 2. The zero-order valence-corrected chi connectivity index (χ0v) is 22.1. The number of aromatic nitrogens is 1. The van der Waals surface area contributed by atoms with E-state index in [1.54, 1.807) is 18.2 Å². The first kappa shape index (κ1) is 25.7. The molecule has 1 aromatic heterocycles. The highest BCUT2D eigenvalue weighted by Gasteiger charge is 2.16. The van der Waals surface area contributed by atoms with Crippen LogP contribution in [0, 0.1) is 0 Å². The molecule has 1 atom stereocenters. The Bertz CT molecular complexity index is 1640. The number of pyridine rings is 1. The van der Waals surface area contributed by atoms with Gasteiger partial charge < -0.3 is 11.5 Å². The van der Waals surface area contributed by atoms with E-state index in [-0.39, 0.29) is 11.7 Å². The second kappa shape index (κ2) is 11.2. The van der Waals surface area contributed by atoms with Crippen LogP contribution in [0.5, 0.6) is 0 Å². The van der Waals surface area contributed by atoms with Crippen LogP contribution in [-0.4, -0.2) is 10.8 Å². The lowest BCUT2D eigenvalue weighted by molar-refractivity contribution is 0.103. The Morgan fingerprint density at radius 3 is 1.90 bits per heavy atom. The van der Waals surface area contributed by atoms with E-state index in [1.165, 1.54) is 11.1 Å². The molecule has 0 bridgehead atoms. The van der Waals surface area contributed by atoms with Crippen molar-refractivity contribution in [3.8, 4) is 33.5 Å². The van der Waals surface area contributed by atoms with E-state index in [9.17, 15) is 4.79 Å². The number of anilines is 2. The maximum atomic E-state index is 13.2. The number of ketones is 1. The molecule has 39 heavy (non-hydrogen) atoms. The van der Waals surface area contributed by atoms with Gasteiger partial charge in [0, 0.05) is 34.1 Å². The average Bonchev–Trinajstić information content (AvgIpc) is 2.98. The fourth-order valence-electron chi connectivity index (χ4n) is 4.71. The van der Waals surface area contributed by atoms with E-state index in [0.29, 0.717) is 22.5 Å². The topological polar surface area (TPSA) is 82.0 Å². The van der Waals surface area contributed by atoms with Gasteiger partial charge in [-0.15, -0.1) is 0 Å². The van der Waals surface area contributed by atoms with Gasteiger partial charge in [-0.2, -0.15) is 0 Å². The Morgan fingerprint density at radius 1 is 0.692 bits per heavy atom. The molecule has 0 aliphatic heterocycles. The van der Waals surface area contributed by atoms with Gasteiger partial charge in [0.2, 0.25) is 0 Å². The molecule has 0 aliphatic carbocycles. The molecule has 4 N–H and O–H groups in total. The summed E-state index contributed by atoms with van der Waals surface area (Å²) in [7, 11) is 0. The Hall–Kier alpha value is -4.96. The highest BCUT2D eigenvalue weighted by Crippen LogP contribution is 2.31. The number of nitrogens with zero attached hydrogens (tertiary/aromatic N) is 1. The summed E-state index contributed by atoms with van der Waals surface area (Å²) in [4.78, 5) is 18.2. The van der Waals surface area contributed by atoms with Gasteiger partial charge in [0.1, 0.15) is 0 Å². The molecule has 4 heteroatoms. The molecule has 0 amide bonds. The van der Waals surface area contributed by atoms with E-state index < -0.39 is 0 Å². The molecule has 0 radical (unpaired) electrons. The van der Waals surface area contributed by atoms with Gasteiger partial charge in [-0.05, 0) is 65.1 Å². The van der Waals surface area contributed by atoms with Crippen molar-refractivity contribution < 1.29 is 4.79 Å². The summed E-state index contributed by atoms with van der Waals surface area (Å²) < 4.78 is 0. The van der Waals surface area contributed by atoms with Crippen molar-refractivity contribution >= 4 is 17.2 Å². The van der Waals surface area contributed by atoms with Gasteiger partial charge >= 0.3 is 0 Å². The maximum absolute atomic E-state index is 13.2. The molecule has 4 nitrogen and oxygen atoms in total. The molecule has 192 valence electrons. The monoisotopic (exact) mass is 509 g/mol. The van der Waals surface area contributed by atoms with E-state index >= 15 is 0 Å². The largest absolute Gasteiger partial charge is 0.399 e. The molecule has 1 unspecified atom stereocenters. The van der Waals surface area contributed by atoms with Crippen LogP contribution < -0.4 is 11.5 Å². The summed E-state index contributed by atoms with van der Waals surface area (Å²) in [6.07, 6.45) is 1.95. The van der Waals surface area contributed by atoms with Crippen LogP contribution in [-0.2, 0) is 0 Å². The minimum atomic E-state index is -0.136. The summed E-state index contributed by atoms with van der Waals surface area (Å²) >= 11 is 0. The van der Waals surface area contributed by atoms with Crippen LogP contribution in [0.25, 0.3) is 33.5 Å². The van der Waals surface area contributed by atoms with E-state index in [0.717, 1.165) is 28.1 Å². The minimum Gasteiger partial charge on any atom is -0.399 e. The lowest BCUT2D eigenvalue weighted by Crippen LogP contribution is -2.07. The number of rotatable bonds is 7. The van der Waals surface area contributed by atoms with Crippen molar-refractivity contribution in [2.45, 2.75) is 19.8 Å². The molecule has 5 rings (SSSR count). The van der Waals surface area contributed by atoms with Crippen LogP contribution in [0.1, 0.15) is 35.8 Å². The number of hydrogen-bond acceptors (Lipinski definition) is 4. The minimum absolute atomic E-state index is 0.109. The van der Waals surface area contributed by atoms with Crippen LogP contribution in [0.3, 0.4) is 0 Å². The highest BCUT2D eigenvalue weighted by molar-refractivity contribution is 6.12. The quantitative estimate of drug-likeness (QED) is 0.132. The number of allylic oxidation sites excluding steroid dienone is 2. The second-order valence-corrected chi connectivity index (χ2v) is 9.79. The maximum Gasteiger partial charge on any atom is 0.190 e. The molecule has 0 saturated heterocycles. The third kappa shape index (κ3) is 5.81. The summed E-state index contributed by atoms with van der Waals surface area (Å²) in [6, 6.07) is 38.3. The zero-order valence-electron chi connectivity index (χ0n) is 22.1. The van der Waals surface area contributed by atoms with Crippen LogP contribution in [0.2, 0.25) is 0 Å². The first-order chi connectivity index (χ1) is 18.9. The number of Topliss-reactive ketones (excluding diaryl/α,β-unsaturated/α-hetero) is 1. The normalized spacial score (nSPS) is 12.2. The van der Waals surface area contributed by atoms with Crippen LogP contribution >= 0.6 is 0 Å². The Morgan fingerprint density at radius 2 is 1.26 bits per heavy atom. The number of hydrogen-bond donors (Lipinski definition) is 2. The molecule has 0 aliphatic rings.